The lowest BCUT2D eigenvalue weighted by molar-refractivity contribution is 0.481. The first-order chi connectivity index (χ1) is 7.17. The fraction of sp³-hybridized carbons (Fsp3) is 0.538. The van der Waals surface area contributed by atoms with Gasteiger partial charge in [0.15, 0.2) is 0 Å². The highest BCUT2D eigenvalue weighted by Gasteiger charge is 2.08. The Morgan fingerprint density at radius 2 is 2.13 bits per heavy atom. The summed E-state index contributed by atoms with van der Waals surface area (Å²) in [5, 5.41) is 4.13. The number of nitrogens with one attached hydrogen (secondary N) is 1. The van der Waals surface area contributed by atoms with Crippen molar-refractivity contribution >= 4 is 11.6 Å². The van der Waals surface area contributed by atoms with Crippen molar-refractivity contribution in [1.29, 1.82) is 0 Å². The van der Waals surface area contributed by atoms with Gasteiger partial charge in [-0.1, -0.05) is 37.1 Å². The molecule has 0 radical (unpaired) electrons. The first kappa shape index (κ1) is 12.5. The zero-order valence-corrected chi connectivity index (χ0v) is 10.6. The molecule has 0 saturated carbocycles. The first-order valence-electron chi connectivity index (χ1n) is 5.57. The molecule has 1 nitrogen and oxygen atoms in total. The van der Waals surface area contributed by atoms with Crippen LogP contribution in [0.1, 0.15) is 24.5 Å². The van der Waals surface area contributed by atoms with E-state index in [0.29, 0.717) is 5.92 Å². The average Bonchev–Trinajstić information content (AvgIpc) is 2.21. The highest BCUT2D eigenvalue weighted by atomic mass is 35.5. The number of benzene rings is 1. The van der Waals surface area contributed by atoms with Gasteiger partial charge in [-0.25, -0.2) is 0 Å². The third-order valence-electron chi connectivity index (χ3n) is 2.79. The standard InChI is InChI=1S/C13H20ClN/c1-4-11(9-15-3)8-12-6-5-10(2)7-13(12)14/h5-7,11,15H,4,8-9H2,1-3H3. The Kier molecular flexibility index (Phi) is 5.13. The fourth-order valence-corrected chi connectivity index (χ4v) is 2.09. The molecule has 0 saturated heterocycles. The molecule has 0 aromatic heterocycles. The first-order valence-corrected chi connectivity index (χ1v) is 5.94. The van der Waals surface area contributed by atoms with E-state index >= 15 is 0 Å². The van der Waals surface area contributed by atoms with Crippen LogP contribution in [0.15, 0.2) is 18.2 Å². The molecule has 0 fully saturated rings. The second kappa shape index (κ2) is 6.14. The van der Waals surface area contributed by atoms with Gasteiger partial charge < -0.3 is 5.32 Å². The van der Waals surface area contributed by atoms with Crippen LogP contribution in [0, 0.1) is 12.8 Å². The molecule has 0 bridgehead atoms. The van der Waals surface area contributed by atoms with Crippen LogP contribution in [0.25, 0.3) is 0 Å². The van der Waals surface area contributed by atoms with E-state index in [2.05, 4.69) is 31.3 Å². The van der Waals surface area contributed by atoms with Crippen molar-refractivity contribution in [1.82, 2.24) is 5.32 Å². The maximum atomic E-state index is 6.21. The molecule has 1 aromatic rings. The van der Waals surface area contributed by atoms with E-state index in [9.17, 15) is 0 Å². The molecule has 1 rings (SSSR count). The lowest BCUT2D eigenvalue weighted by Gasteiger charge is -2.15. The monoisotopic (exact) mass is 225 g/mol. The summed E-state index contributed by atoms with van der Waals surface area (Å²) < 4.78 is 0. The summed E-state index contributed by atoms with van der Waals surface area (Å²) in [6.07, 6.45) is 2.25. The number of halogens is 1. The van der Waals surface area contributed by atoms with E-state index < -0.39 is 0 Å². The summed E-state index contributed by atoms with van der Waals surface area (Å²) >= 11 is 6.21. The van der Waals surface area contributed by atoms with Gasteiger partial charge in [0.1, 0.15) is 0 Å². The molecule has 0 heterocycles. The quantitative estimate of drug-likeness (QED) is 0.810. The van der Waals surface area contributed by atoms with Gasteiger partial charge in [-0.15, -0.1) is 0 Å². The van der Waals surface area contributed by atoms with E-state index in [-0.39, 0.29) is 0 Å². The maximum absolute atomic E-state index is 6.21. The Hall–Kier alpha value is -0.530. The summed E-state index contributed by atoms with van der Waals surface area (Å²) in [4.78, 5) is 0. The molecule has 84 valence electrons. The normalized spacial score (nSPS) is 12.8. The van der Waals surface area contributed by atoms with Gasteiger partial charge in [0.2, 0.25) is 0 Å². The number of hydrogen-bond acceptors (Lipinski definition) is 1. The van der Waals surface area contributed by atoms with Crippen LogP contribution in [0.2, 0.25) is 5.02 Å². The molecule has 0 aliphatic heterocycles. The summed E-state index contributed by atoms with van der Waals surface area (Å²) in [6, 6.07) is 6.33. The van der Waals surface area contributed by atoms with E-state index in [4.69, 9.17) is 11.6 Å². The molecular weight excluding hydrogens is 206 g/mol. The van der Waals surface area contributed by atoms with Gasteiger partial charge in [0.05, 0.1) is 0 Å². The molecule has 0 aliphatic carbocycles. The van der Waals surface area contributed by atoms with E-state index in [1.807, 2.05) is 13.1 Å². The van der Waals surface area contributed by atoms with Crippen LogP contribution in [0.4, 0.5) is 0 Å². The molecule has 15 heavy (non-hydrogen) atoms. The van der Waals surface area contributed by atoms with Crippen LogP contribution in [-0.4, -0.2) is 13.6 Å². The molecule has 0 amide bonds. The van der Waals surface area contributed by atoms with Crippen LogP contribution in [-0.2, 0) is 6.42 Å². The third kappa shape index (κ3) is 3.84. The van der Waals surface area contributed by atoms with Crippen LogP contribution >= 0.6 is 11.6 Å². The van der Waals surface area contributed by atoms with Gasteiger partial charge in [0, 0.05) is 5.02 Å². The summed E-state index contributed by atoms with van der Waals surface area (Å²) in [5.41, 5.74) is 2.50. The average molecular weight is 226 g/mol. The van der Waals surface area contributed by atoms with E-state index in [0.717, 1.165) is 18.0 Å². The van der Waals surface area contributed by atoms with Crippen LogP contribution in [0.3, 0.4) is 0 Å². The predicted octanol–water partition coefficient (Wildman–Crippen LogP) is 3.44. The van der Waals surface area contributed by atoms with Crippen molar-refractivity contribution in [3.8, 4) is 0 Å². The van der Waals surface area contributed by atoms with Crippen molar-refractivity contribution in [2.24, 2.45) is 5.92 Å². The summed E-state index contributed by atoms with van der Waals surface area (Å²) in [6.45, 7) is 5.35. The lowest BCUT2D eigenvalue weighted by Crippen LogP contribution is -2.20. The highest BCUT2D eigenvalue weighted by molar-refractivity contribution is 6.31. The zero-order chi connectivity index (χ0) is 11.3. The van der Waals surface area contributed by atoms with Crippen LogP contribution < -0.4 is 5.32 Å². The Morgan fingerprint density at radius 1 is 1.40 bits per heavy atom. The highest BCUT2D eigenvalue weighted by Crippen LogP contribution is 2.21. The second-order valence-electron chi connectivity index (χ2n) is 4.13. The Morgan fingerprint density at radius 3 is 2.67 bits per heavy atom. The Labute approximate surface area is 97.8 Å². The molecule has 1 atom stereocenters. The second-order valence-corrected chi connectivity index (χ2v) is 4.54. The number of rotatable bonds is 5. The minimum absolute atomic E-state index is 0.676. The molecule has 2 heteroatoms. The predicted molar refractivity (Wildman–Crippen MR) is 67.6 cm³/mol. The van der Waals surface area contributed by atoms with Gasteiger partial charge in [-0.05, 0) is 50.0 Å². The Balaban J connectivity index is 2.70. The maximum Gasteiger partial charge on any atom is 0.0440 e. The van der Waals surface area contributed by atoms with E-state index in [1.54, 1.807) is 0 Å². The summed E-state index contributed by atoms with van der Waals surface area (Å²) in [7, 11) is 2.00. The Bertz CT molecular complexity index is 309. The lowest BCUT2D eigenvalue weighted by atomic mass is 9.96. The largest absolute Gasteiger partial charge is 0.319 e. The van der Waals surface area contributed by atoms with Crippen molar-refractivity contribution in [3.63, 3.8) is 0 Å². The minimum atomic E-state index is 0.676. The number of aryl methyl sites for hydroxylation is 1. The van der Waals surface area contributed by atoms with Crippen molar-refractivity contribution < 1.29 is 0 Å². The zero-order valence-electron chi connectivity index (χ0n) is 9.81. The van der Waals surface area contributed by atoms with E-state index in [1.165, 1.54) is 17.5 Å². The smallest absolute Gasteiger partial charge is 0.0440 e. The van der Waals surface area contributed by atoms with Crippen molar-refractivity contribution in [2.75, 3.05) is 13.6 Å². The molecule has 1 aromatic carbocycles. The molecular formula is C13H20ClN. The minimum Gasteiger partial charge on any atom is -0.319 e. The van der Waals surface area contributed by atoms with Gasteiger partial charge in [-0.3, -0.25) is 0 Å². The fourth-order valence-electron chi connectivity index (χ4n) is 1.78. The van der Waals surface area contributed by atoms with Crippen LogP contribution in [0.5, 0.6) is 0 Å². The van der Waals surface area contributed by atoms with Gasteiger partial charge >= 0.3 is 0 Å². The van der Waals surface area contributed by atoms with Gasteiger partial charge in [0.25, 0.3) is 0 Å². The molecule has 1 unspecified atom stereocenters. The van der Waals surface area contributed by atoms with Crippen molar-refractivity contribution in [2.45, 2.75) is 26.7 Å². The SMILES string of the molecule is CCC(CNC)Cc1ccc(C)cc1Cl. The topological polar surface area (TPSA) is 12.0 Å². The van der Waals surface area contributed by atoms with Crippen molar-refractivity contribution in [3.05, 3.63) is 34.3 Å². The van der Waals surface area contributed by atoms with Gasteiger partial charge in [-0.2, -0.15) is 0 Å². The molecule has 0 aliphatic rings. The molecule has 0 spiro atoms. The third-order valence-corrected chi connectivity index (χ3v) is 3.14. The molecule has 1 N–H and O–H groups in total. The summed E-state index contributed by atoms with van der Waals surface area (Å²) in [5.74, 6) is 0.676. The number of hydrogen-bond donors (Lipinski definition) is 1.